The Hall–Kier alpha value is -3.04. The summed E-state index contributed by atoms with van der Waals surface area (Å²) in [5.41, 5.74) is 3.32. The molecule has 1 aromatic carbocycles. The van der Waals surface area contributed by atoms with E-state index in [0.29, 0.717) is 35.8 Å². The summed E-state index contributed by atoms with van der Waals surface area (Å²) in [6.45, 7) is 7.02. The van der Waals surface area contributed by atoms with Crippen LogP contribution in [0.1, 0.15) is 34.1 Å². The summed E-state index contributed by atoms with van der Waals surface area (Å²) in [5.74, 6) is 0.528. The number of piperazine rings is 1. The zero-order valence-corrected chi connectivity index (χ0v) is 19.3. The largest absolute Gasteiger partial charge is 0.336 e. The third kappa shape index (κ3) is 4.05. The van der Waals surface area contributed by atoms with E-state index in [0.717, 1.165) is 16.8 Å². The molecule has 4 rings (SSSR count). The van der Waals surface area contributed by atoms with Crippen LogP contribution in [-0.4, -0.2) is 64.5 Å². The monoisotopic (exact) mass is 453 g/mol. The van der Waals surface area contributed by atoms with Crippen LogP contribution in [0.4, 0.5) is 0 Å². The zero-order valence-electron chi connectivity index (χ0n) is 18.5. The standard InChI is InChI=1S/C23H27N5O3S/c1-4-21-20(16-25-28(21)22-7-5-6-10-24-22)23(29)26-11-13-27(14-12-26)32(30,31)19-9-8-17(2)18(3)15-19/h5-10,15-16H,4,11-14H2,1-3H3. The minimum atomic E-state index is -3.59. The smallest absolute Gasteiger partial charge is 0.257 e. The normalized spacial score (nSPS) is 15.2. The van der Waals surface area contributed by atoms with Crippen LogP contribution in [0.15, 0.2) is 53.7 Å². The molecular weight excluding hydrogens is 426 g/mol. The second kappa shape index (κ2) is 8.84. The van der Waals surface area contributed by atoms with Gasteiger partial charge in [0.2, 0.25) is 10.0 Å². The van der Waals surface area contributed by atoms with Gasteiger partial charge in [-0.15, -0.1) is 0 Å². The molecule has 8 nitrogen and oxygen atoms in total. The highest BCUT2D eigenvalue weighted by Gasteiger charge is 2.32. The number of carbonyl (C=O) groups is 1. The van der Waals surface area contributed by atoms with Gasteiger partial charge in [0.05, 0.1) is 22.3 Å². The van der Waals surface area contributed by atoms with Gasteiger partial charge < -0.3 is 4.90 Å². The number of sulfonamides is 1. The molecule has 0 aliphatic carbocycles. The molecule has 0 unspecified atom stereocenters. The molecule has 3 heterocycles. The Morgan fingerprint density at radius 3 is 2.41 bits per heavy atom. The Bertz CT molecular complexity index is 1230. The number of hydrogen-bond donors (Lipinski definition) is 0. The Morgan fingerprint density at radius 2 is 1.78 bits per heavy atom. The summed E-state index contributed by atoms with van der Waals surface area (Å²) in [5, 5.41) is 4.38. The third-order valence-corrected chi connectivity index (χ3v) is 7.84. The molecular formula is C23H27N5O3S. The van der Waals surface area contributed by atoms with Crippen molar-refractivity contribution in [2.75, 3.05) is 26.2 Å². The average molecular weight is 454 g/mol. The molecule has 1 aliphatic rings. The van der Waals surface area contributed by atoms with Crippen molar-refractivity contribution in [3.05, 3.63) is 71.2 Å². The first-order valence-electron chi connectivity index (χ1n) is 10.7. The molecule has 1 saturated heterocycles. The lowest BCUT2D eigenvalue weighted by Gasteiger charge is -2.34. The van der Waals surface area contributed by atoms with Crippen molar-refractivity contribution in [1.29, 1.82) is 0 Å². The Morgan fingerprint density at radius 1 is 1.03 bits per heavy atom. The van der Waals surface area contributed by atoms with Gasteiger partial charge in [0.1, 0.15) is 0 Å². The number of pyridine rings is 1. The minimum absolute atomic E-state index is 0.132. The molecule has 0 bridgehead atoms. The number of carbonyl (C=O) groups excluding carboxylic acids is 1. The fourth-order valence-corrected chi connectivity index (χ4v) is 5.40. The van der Waals surface area contributed by atoms with Crippen molar-refractivity contribution in [3.8, 4) is 5.82 Å². The van der Waals surface area contributed by atoms with Gasteiger partial charge in [0.25, 0.3) is 5.91 Å². The molecule has 1 fully saturated rings. The lowest BCUT2D eigenvalue weighted by molar-refractivity contribution is 0.0696. The van der Waals surface area contributed by atoms with Gasteiger partial charge in [-0.2, -0.15) is 9.40 Å². The van der Waals surface area contributed by atoms with E-state index in [1.165, 1.54) is 4.31 Å². The Kier molecular flexibility index (Phi) is 6.12. The SMILES string of the molecule is CCc1c(C(=O)N2CCN(S(=O)(=O)c3ccc(C)c(C)c3)CC2)cnn1-c1ccccn1. The van der Waals surface area contributed by atoms with Crippen LogP contribution in [0.5, 0.6) is 0 Å². The van der Waals surface area contributed by atoms with Crippen molar-refractivity contribution in [3.63, 3.8) is 0 Å². The lowest BCUT2D eigenvalue weighted by atomic mass is 10.1. The number of nitrogens with zero attached hydrogens (tertiary/aromatic N) is 5. The molecule has 168 valence electrons. The number of hydrogen-bond acceptors (Lipinski definition) is 5. The molecule has 0 radical (unpaired) electrons. The van der Waals surface area contributed by atoms with Crippen molar-refractivity contribution in [2.24, 2.45) is 0 Å². The van der Waals surface area contributed by atoms with E-state index in [1.54, 1.807) is 34.1 Å². The van der Waals surface area contributed by atoms with Gasteiger partial charge in [0, 0.05) is 32.4 Å². The van der Waals surface area contributed by atoms with Crippen molar-refractivity contribution >= 4 is 15.9 Å². The number of amides is 1. The molecule has 0 N–H and O–H groups in total. The van der Waals surface area contributed by atoms with Gasteiger partial charge in [-0.25, -0.2) is 18.1 Å². The predicted octanol–water partition coefficient (Wildman–Crippen LogP) is 2.59. The van der Waals surface area contributed by atoms with Gasteiger partial charge in [-0.1, -0.05) is 19.1 Å². The number of benzene rings is 1. The first kappa shape index (κ1) is 22.2. The Labute approximate surface area is 188 Å². The maximum absolute atomic E-state index is 13.2. The molecule has 2 aromatic heterocycles. The number of aromatic nitrogens is 3. The number of rotatable bonds is 5. The fourth-order valence-electron chi connectivity index (χ4n) is 3.89. The molecule has 32 heavy (non-hydrogen) atoms. The van der Waals surface area contributed by atoms with Gasteiger partial charge in [-0.05, 0) is 55.7 Å². The summed E-state index contributed by atoms with van der Waals surface area (Å²) >= 11 is 0. The molecule has 3 aromatic rings. The maximum atomic E-state index is 13.2. The highest BCUT2D eigenvalue weighted by atomic mass is 32.2. The second-order valence-corrected chi connectivity index (χ2v) is 9.84. The zero-order chi connectivity index (χ0) is 22.9. The summed E-state index contributed by atoms with van der Waals surface area (Å²) < 4.78 is 29.3. The lowest BCUT2D eigenvalue weighted by Crippen LogP contribution is -2.50. The minimum Gasteiger partial charge on any atom is -0.336 e. The van der Waals surface area contributed by atoms with Gasteiger partial charge in [0.15, 0.2) is 5.82 Å². The fraction of sp³-hybridized carbons (Fsp3) is 0.348. The van der Waals surface area contributed by atoms with E-state index in [2.05, 4.69) is 10.1 Å². The van der Waals surface area contributed by atoms with Crippen LogP contribution in [-0.2, 0) is 16.4 Å². The molecule has 0 saturated carbocycles. The number of aryl methyl sites for hydroxylation is 2. The molecule has 0 spiro atoms. The summed E-state index contributed by atoms with van der Waals surface area (Å²) in [6.07, 6.45) is 3.89. The van der Waals surface area contributed by atoms with E-state index in [9.17, 15) is 13.2 Å². The quantitative estimate of drug-likeness (QED) is 0.593. The van der Waals surface area contributed by atoms with Crippen LogP contribution in [0.25, 0.3) is 5.82 Å². The van der Waals surface area contributed by atoms with Crippen LogP contribution >= 0.6 is 0 Å². The highest BCUT2D eigenvalue weighted by Crippen LogP contribution is 2.22. The summed E-state index contributed by atoms with van der Waals surface area (Å²) in [4.78, 5) is 19.5. The molecule has 1 amide bonds. The van der Waals surface area contributed by atoms with Crippen LogP contribution in [0, 0.1) is 13.8 Å². The molecule has 0 atom stereocenters. The third-order valence-electron chi connectivity index (χ3n) is 5.94. The average Bonchev–Trinajstić information content (AvgIpc) is 3.25. The van der Waals surface area contributed by atoms with Crippen LogP contribution in [0.2, 0.25) is 0 Å². The molecule has 1 aliphatic heterocycles. The Balaban J connectivity index is 1.49. The van der Waals surface area contributed by atoms with E-state index in [4.69, 9.17) is 0 Å². The highest BCUT2D eigenvalue weighted by molar-refractivity contribution is 7.89. The first-order chi connectivity index (χ1) is 15.3. The van der Waals surface area contributed by atoms with Crippen LogP contribution < -0.4 is 0 Å². The topological polar surface area (TPSA) is 88.4 Å². The van der Waals surface area contributed by atoms with Crippen molar-refractivity contribution in [2.45, 2.75) is 32.1 Å². The van der Waals surface area contributed by atoms with E-state index >= 15 is 0 Å². The van der Waals surface area contributed by atoms with Crippen LogP contribution in [0.3, 0.4) is 0 Å². The maximum Gasteiger partial charge on any atom is 0.257 e. The van der Waals surface area contributed by atoms with Gasteiger partial charge in [-0.3, -0.25) is 4.79 Å². The van der Waals surface area contributed by atoms with E-state index in [-0.39, 0.29) is 19.0 Å². The predicted molar refractivity (Wildman–Crippen MR) is 121 cm³/mol. The van der Waals surface area contributed by atoms with Crippen molar-refractivity contribution in [1.82, 2.24) is 24.0 Å². The van der Waals surface area contributed by atoms with E-state index < -0.39 is 10.0 Å². The first-order valence-corrected chi connectivity index (χ1v) is 12.1. The summed E-state index contributed by atoms with van der Waals surface area (Å²) in [7, 11) is -3.59. The second-order valence-electron chi connectivity index (χ2n) is 7.90. The van der Waals surface area contributed by atoms with Gasteiger partial charge >= 0.3 is 0 Å². The van der Waals surface area contributed by atoms with E-state index in [1.807, 2.05) is 45.0 Å². The van der Waals surface area contributed by atoms with Crippen molar-refractivity contribution < 1.29 is 13.2 Å². The summed E-state index contributed by atoms with van der Waals surface area (Å²) in [6, 6.07) is 10.7. The molecule has 9 heteroatoms.